The van der Waals surface area contributed by atoms with Crippen LogP contribution in [-0.4, -0.2) is 10.2 Å². The minimum atomic E-state index is -0.00454. The molecule has 1 aromatic heterocycles. The SMILES string of the molecule is Cc1nnc(C(C)(C)CC(C)C)o1. The van der Waals surface area contributed by atoms with Crippen molar-refractivity contribution in [2.24, 2.45) is 5.92 Å². The van der Waals surface area contributed by atoms with Gasteiger partial charge in [0.15, 0.2) is 0 Å². The van der Waals surface area contributed by atoms with E-state index in [2.05, 4.69) is 37.9 Å². The van der Waals surface area contributed by atoms with Crippen LogP contribution in [0.25, 0.3) is 0 Å². The Labute approximate surface area is 79.6 Å². The Kier molecular flexibility index (Phi) is 2.74. The summed E-state index contributed by atoms with van der Waals surface area (Å²) in [6.07, 6.45) is 1.06. The van der Waals surface area contributed by atoms with Crippen molar-refractivity contribution in [1.29, 1.82) is 0 Å². The van der Waals surface area contributed by atoms with E-state index in [4.69, 9.17) is 4.42 Å². The van der Waals surface area contributed by atoms with E-state index in [1.807, 2.05) is 6.92 Å². The molecule has 0 amide bonds. The van der Waals surface area contributed by atoms with Gasteiger partial charge in [-0.15, -0.1) is 10.2 Å². The first-order valence-corrected chi connectivity index (χ1v) is 4.72. The zero-order chi connectivity index (χ0) is 10.1. The molecule has 0 unspecified atom stereocenters. The molecule has 1 heterocycles. The van der Waals surface area contributed by atoms with Crippen LogP contribution in [0.5, 0.6) is 0 Å². The van der Waals surface area contributed by atoms with Gasteiger partial charge in [-0.3, -0.25) is 0 Å². The molecule has 0 atom stereocenters. The molecule has 0 aromatic carbocycles. The molecule has 0 spiro atoms. The minimum absolute atomic E-state index is 0.00454. The van der Waals surface area contributed by atoms with Crippen molar-refractivity contribution in [2.75, 3.05) is 0 Å². The van der Waals surface area contributed by atoms with Gasteiger partial charge >= 0.3 is 0 Å². The van der Waals surface area contributed by atoms with Crippen LogP contribution in [0, 0.1) is 12.8 Å². The molecule has 0 saturated carbocycles. The highest BCUT2D eigenvalue weighted by Gasteiger charge is 2.27. The highest BCUT2D eigenvalue weighted by Crippen LogP contribution is 2.28. The fraction of sp³-hybridized carbons (Fsp3) is 0.800. The summed E-state index contributed by atoms with van der Waals surface area (Å²) in [5.74, 6) is 2.03. The molecule has 0 aliphatic heterocycles. The quantitative estimate of drug-likeness (QED) is 0.721. The fourth-order valence-corrected chi connectivity index (χ4v) is 1.68. The highest BCUT2D eigenvalue weighted by molar-refractivity contribution is 4.98. The number of hydrogen-bond acceptors (Lipinski definition) is 3. The maximum Gasteiger partial charge on any atom is 0.222 e. The fourth-order valence-electron chi connectivity index (χ4n) is 1.68. The zero-order valence-electron chi connectivity index (χ0n) is 9.09. The molecule has 0 bridgehead atoms. The summed E-state index contributed by atoms with van der Waals surface area (Å²) in [6, 6.07) is 0. The van der Waals surface area contributed by atoms with Crippen LogP contribution in [0.2, 0.25) is 0 Å². The van der Waals surface area contributed by atoms with Gasteiger partial charge in [0.1, 0.15) is 0 Å². The molecule has 0 N–H and O–H groups in total. The van der Waals surface area contributed by atoms with E-state index in [0.29, 0.717) is 11.8 Å². The lowest BCUT2D eigenvalue weighted by Gasteiger charge is -2.21. The second-order valence-electron chi connectivity index (χ2n) is 4.61. The van der Waals surface area contributed by atoms with Crippen molar-refractivity contribution >= 4 is 0 Å². The third-order valence-electron chi connectivity index (χ3n) is 2.02. The Hall–Kier alpha value is -0.860. The summed E-state index contributed by atoms with van der Waals surface area (Å²) in [6.45, 7) is 10.5. The van der Waals surface area contributed by atoms with E-state index in [9.17, 15) is 0 Å². The molecular weight excluding hydrogens is 164 g/mol. The summed E-state index contributed by atoms with van der Waals surface area (Å²) < 4.78 is 5.43. The lowest BCUT2D eigenvalue weighted by Crippen LogP contribution is -2.20. The maximum atomic E-state index is 5.43. The van der Waals surface area contributed by atoms with Gasteiger partial charge in [-0.25, -0.2) is 0 Å². The second-order valence-corrected chi connectivity index (χ2v) is 4.61. The Morgan fingerprint density at radius 3 is 2.31 bits per heavy atom. The van der Waals surface area contributed by atoms with Crippen LogP contribution in [0.1, 0.15) is 45.9 Å². The van der Waals surface area contributed by atoms with E-state index in [1.165, 1.54) is 0 Å². The molecule has 0 saturated heterocycles. The van der Waals surface area contributed by atoms with Crippen molar-refractivity contribution in [1.82, 2.24) is 10.2 Å². The first-order chi connectivity index (χ1) is 5.92. The van der Waals surface area contributed by atoms with Gasteiger partial charge in [0.05, 0.1) is 0 Å². The molecule has 0 fully saturated rings. The lowest BCUT2D eigenvalue weighted by molar-refractivity contribution is 0.308. The average Bonchev–Trinajstić information content (AvgIpc) is 2.32. The van der Waals surface area contributed by atoms with E-state index < -0.39 is 0 Å². The third kappa shape index (κ3) is 2.54. The van der Waals surface area contributed by atoms with Crippen molar-refractivity contribution in [3.05, 3.63) is 11.8 Å². The molecule has 3 nitrogen and oxygen atoms in total. The Morgan fingerprint density at radius 2 is 1.92 bits per heavy atom. The van der Waals surface area contributed by atoms with Gasteiger partial charge in [0, 0.05) is 12.3 Å². The number of aryl methyl sites for hydroxylation is 1. The van der Waals surface area contributed by atoms with Gasteiger partial charge < -0.3 is 4.42 Å². The van der Waals surface area contributed by atoms with Crippen LogP contribution in [-0.2, 0) is 5.41 Å². The smallest absolute Gasteiger partial charge is 0.222 e. The Bertz CT molecular complexity index is 276. The summed E-state index contributed by atoms with van der Waals surface area (Å²) in [5, 5.41) is 7.90. The first kappa shape index (κ1) is 10.2. The molecule has 3 heteroatoms. The maximum absolute atomic E-state index is 5.43. The standard InChI is InChI=1S/C10H18N2O/c1-7(2)6-10(4,5)9-12-11-8(3)13-9/h7H,6H2,1-5H3. The van der Waals surface area contributed by atoms with Crippen molar-refractivity contribution in [3.63, 3.8) is 0 Å². The van der Waals surface area contributed by atoms with Crippen LogP contribution >= 0.6 is 0 Å². The lowest BCUT2D eigenvalue weighted by atomic mass is 9.84. The van der Waals surface area contributed by atoms with E-state index >= 15 is 0 Å². The topological polar surface area (TPSA) is 38.9 Å². The van der Waals surface area contributed by atoms with E-state index in [-0.39, 0.29) is 5.41 Å². The van der Waals surface area contributed by atoms with Crippen molar-refractivity contribution < 1.29 is 4.42 Å². The van der Waals surface area contributed by atoms with Crippen LogP contribution in [0.3, 0.4) is 0 Å². The number of hydrogen-bond donors (Lipinski definition) is 0. The molecule has 0 radical (unpaired) electrons. The predicted molar refractivity (Wildman–Crippen MR) is 51.5 cm³/mol. The molecule has 0 aliphatic rings. The van der Waals surface area contributed by atoms with Crippen LogP contribution < -0.4 is 0 Å². The van der Waals surface area contributed by atoms with Gasteiger partial charge in [-0.1, -0.05) is 27.7 Å². The van der Waals surface area contributed by atoms with Gasteiger partial charge in [0.25, 0.3) is 0 Å². The van der Waals surface area contributed by atoms with Gasteiger partial charge in [-0.2, -0.15) is 0 Å². The third-order valence-corrected chi connectivity index (χ3v) is 2.02. The molecular formula is C10H18N2O. The number of rotatable bonds is 3. The summed E-state index contributed by atoms with van der Waals surface area (Å²) in [4.78, 5) is 0. The summed E-state index contributed by atoms with van der Waals surface area (Å²) >= 11 is 0. The van der Waals surface area contributed by atoms with E-state index in [0.717, 1.165) is 12.3 Å². The molecule has 1 aromatic rings. The van der Waals surface area contributed by atoms with Crippen molar-refractivity contribution in [3.8, 4) is 0 Å². The van der Waals surface area contributed by atoms with Crippen molar-refractivity contribution in [2.45, 2.75) is 46.5 Å². The second kappa shape index (κ2) is 3.48. The Balaban J connectivity index is 2.80. The minimum Gasteiger partial charge on any atom is -0.425 e. The molecule has 13 heavy (non-hydrogen) atoms. The summed E-state index contributed by atoms with van der Waals surface area (Å²) in [7, 11) is 0. The predicted octanol–water partition coefficient (Wildman–Crippen LogP) is 2.70. The largest absolute Gasteiger partial charge is 0.425 e. The Morgan fingerprint density at radius 1 is 1.31 bits per heavy atom. The normalized spacial score (nSPS) is 12.5. The monoisotopic (exact) mass is 182 g/mol. The number of nitrogens with zero attached hydrogens (tertiary/aromatic N) is 2. The average molecular weight is 182 g/mol. The highest BCUT2D eigenvalue weighted by atomic mass is 16.4. The molecule has 0 aliphatic carbocycles. The van der Waals surface area contributed by atoms with Gasteiger partial charge in [-0.05, 0) is 12.3 Å². The first-order valence-electron chi connectivity index (χ1n) is 4.72. The summed E-state index contributed by atoms with van der Waals surface area (Å²) in [5.41, 5.74) is -0.00454. The molecule has 1 rings (SSSR count). The van der Waals surface area contributed by atoms with E-state index in [1.54, 1.807) is 0 Å². The van der Waals surface area contributed by atoms with Gasteiger partial charge in [0.2, 0.25) is 11.8 Å². The zero-order valence-corrected chi connectivity index (χ0v) is 9.09. The number of aromatic nitrogens is 2. The molecule has 74 valence electrons. The van der Waals surface area contributed by atoms with Crippen LogP contribution in [0.15, 0.2) is 4.42 Å². The van der Waals surface area contributed by atoms with Crippen LogP contribution in [0.4, 0.5) is 0 Å².